The van der Waals surface area contributed by atoms with E-state index in [1.165, 1.54) is 29.2 Å². The van der Waals surface area contributed by atoms with Crippen LogP contribution in [-0.2, 0) is 23.9 Å². The van der Waals surface area contributed by atoms with Gasteiger partial charge in [0.25, 0.3) is 5.92 Å². The van der Waals surface area contributed by atoms with E-state index in [1.807, 2.05) is 0 Å². The van der Waals surface area contributed by atoms with E-state index in [1.54, 1.807) is 13.0 Å². The Bertz CT molecular complexity index is 1040. The van der Waals surface area contributed by atoms with E-state index in [-0.39, 0.29) is 12.3 Å². The third-order valence-corrected chi connectivity index (χ3v) is 4.44. The van der Waals surface area contributed by atoms with E-state index in [9.17, 15) is 26.7 Å². The monoisotopic (exact) mass is 426 g/mol. The highest BCUT2D eigenvalue weighted by molar-refractivity contribution is 5.80. The fraction of sp³-hybridized carbons (Fsp3) is 0.350. The van der Waals surface area contributed by atoms with Crippen molar-refractivity contribution in [2.24, 2.45) is 0 Å². The van der Waals surface area contributed by atoms with Crippen molar-refractivity contribution in [3.8, 4) is 0 Å². The Labute approximate surface area is 168 Å². The Morgan fingerprint density at radius 2 is 1.80 bits per heavy atom. The van der Waals surface area contributed by atoms with Gasteiger partial charge in [-0.25, -0.2) is 8.78 Å². The molecular weight excluding hydrogens is 407 g/mol. The summed E-state index contributed by atoms with van der Waals surface area (Å²) in [5.74, 6) is -3.30. The lowest BCUT2D eigenvalue weighted by Crippen LogP contribution is -2.28. The maximum absolute atomic E-state index is 13.2. The first kappa shape index (κ1) is 21.7. The molecular formula is C20H19F5N4O. The van der Waals surface area contributed by atoms with Crippen molar-refractivity contribution < 1.29 is 26.7 Å². The number of hydrogen-bond donors (Lipinski definition) is 1. The Morgan fingerprint density at radius 1 is 1.13 bits per heavy atom. The number of alkyl halides is 5. The van der Waals surface area contributed by atoms with Crippen LogP contribution in [0.4, 0.5) is 22.0 Å². The summed E-state index contributed by atoms with van der Waals surface area (Å²) in [5.41, 5.74) is 0.617. The maximum Gasteiger partial charge on any atom is 0.416 e. The largest absolute Gasteiger partial charge is 0.416 e. The molecule has 0 bridgehead atoms. The molecule has 3 rings (SSSR count). The predicted molar refractivity (Wildman–Crippen MR) is 99.9 cm³/mol. The van der Waals surface area contributed by atoms with Gasteiger partial charge < -0.3 is 5.32 Å². The molecule has 2 aromatic heterocycles. The van der Waals surface area contributed by atoms with Gasteiger partial charge in [-0.3, -0.25) is 14.5 Å². The lowest BCUT2D eigenvalue weighted by Gasteiger charge is -2.14. The second kappa shape index (κ2) is 8.00. The van der Waals surface area contributed by atoms with Gasteiger partial charge in [0.15, 0.2) is 0 Å². The molecule has 0 fully saturated rings. The van der Waals surface area contributed by atoms with Gasteiger partial charge in [0.05, 0.1) is 41.6 Å². The Hall–Kier alpha value is -3.04. The van der Waals surface area contributed by atoms with Crippen molar-refractivity contribution in [1.29, 1.82) is 0 Å². The van der Waals surface area contributed by atoms with Crippen LogP contribution in [0.5, 0.6) is 0 Å². The van der Waals surface area contributed by atoms with Gasteiger partial charge in [-0.15, -0.1) is 0 Å². The topological polar surface area (TPSA) is 59.8 Å². The number of hydrogen-bond acceptors (Lipinski definition) is 3. The highest BCUT2D eigenvalue weighted by Gasteiger charge is 2.30. The molecule has 3 aromatic rings. The first-order valence-electron chi connectivity index (χ1n) is 9.07. The van der Waals surface area contributed by atoms with E-state index >= 15 is 0 Å². The molecule has 0 radical (unpaired) electrons. The molecule has 1 amide bonds. The number of rotatable bonds is 6. The molecule has 1 N–H and O–H groups in total. The van der Waals surface area contributed by atoms with E-state index in [2.05, 4.69) is 15.4 Å². The van der Waals surface area contributed by atoms with Gasteiger partial charge in [-0.1, -0.05) is 12.1 Å². The van der Waals surface area contributed by atoms with Crippen molar-refractivity contribution in [2.75, 3.05) is 0 Å². The Morgan fingerprint density at radius 3 is 2.40 bits per heavy atom. The van der Waals surface area contributed by atoms with Gasteiger partial charge >= 0.3 is 6.18 Å². The van der Waals surface area contributed by atoms with E-state index in [0.29, 0.717) is 22.2 Å². The first-order chi connectivity index (χ1) is 13.9. The van der Waals surface area contributed by atoms with Crippen molar-refractivity contribution in [1.82, 2.24) is 20.1 Å². The van der Waals surface area contributed by atoms with Gasteiger partial charge in [0.1, 0.15) is 6.54 Å². The third kappa shape index (κ3) is 5.31. The van der Waals surface area contributed by atoms with Crippen molar-refractivity contribution >= 4 is 16.8 Å². The molecule has 0 spiro atoms. The predicted octanol–water partition coefficient (Wildman–Crippen LogP) is 4.53. The summed E-state index contributed by atoms with van der Waals surface area (Å²) in [5, 5.41) is 7.28. The molecule has 10 heteroatoms. The highest BCUT2D eigenvalue weighted by Crippen LogP contribution is 2.29. The SMILES string of the molecule is C[C@@H](NC(=O)Cc1ccc(C(F)(F)F)cc1)c1cc2cnn(CC(C)(F)F)c2cn1. The normalized spacial score (nSPS) is 13.4. The Balaban J connectivity index is 1.65. The average molecular weight is 426 g/mol. The van der Waals surface area contributed by atoms with Gasteiger partial charge in [0, 0.05) is 12.3 Å². The van der Waals surface area contributed by atoms with Crippen LogP contribution in [0.3, 0.4) is 0 Å². The number of amides is 1. The molecule has 0 saturated carbocycles. The first-order valence-corrected chi connectivity index (χ1v) is 9.07. The number of benzene rings is 1. The van der Waals surface area contributed by atoms with Gasteiger partial charge in [0.2, 0.25) is 5.91 Å². The summed E-state index contributed by atoms with van der Waals surface area (Å²) in [6.07, 6.45) is -1.65. The second-order valence-corrected chi connectivity index (χ2v) is 7.20. The quantitative estimate of drug-likeness (QED) is 0.590. The summed E-state index contributed by atoms with van der Waals surface area (Å²) in [6, 6.07) is 5.53. The van der Waals surface area contributed by atoms with Gasteiger partial charge in [-0.05, 0) is 30.7 Å². The molecule has 160 valence electrons. The van der Waals surface area contributed by atoms with Crippen LogP contribution in [-0.4, -0.2) is 26.6 Å². The number of carbonyl (C=O) groups excluding carboxylic acids is 1. The standard InChI is InChI=1S/C20H19F5N4O/c1-12(28-18(30)7-13-3-5-15(6-4-13)20(23,24)25)16-8-14-9-27-29(11-19(2,21)22)17(14)10-26-16/h3-6,8-10,12H,7,11H2,1-2H3,(H,28,30)/t12-/m1/s1. The second-order valence-electron chi connectivity index (χ2n) is 7.20. The minimum Gasteiger partial charge on any atom is -0.348 e. The average Bonchev–Trinajstić information content (AvgIpc) is 3.01. The van der Waals surface area contributed by atoms with Gasteiger partial charge in [-0.2, -0.15) is 18.3 Å². The molecule has 2 heterocycles. The van der Waals surface area contributed by atoms with Crippen LogP contribution in [0.25, 0.3) is 10.9 Å². The zero-order valence-electron chi connectivity index (χ0n) is 16.2. The minimum atomic E-state index is -4.43. The van der Waals surface area contributed by atoms with E-state index < -0.39 is 30.2 Å². The van der Waals surface area contributed by atoms with Crippen LogP contribution < -0.4 is 5.32 Å². The highest BCUT2D eigenvalue weighted by atomic mass is 19.4. The zero-order chi connectivity index (χ0) is 22.1. The number of carbonyl (C=O) groups is 1. The molecule has 5 nitrogen and oxygen atoms in total. The number of nitrogens with one attached hydrogen (secondary N) is 1. The van der Waals surface area contributed by atoms with Crippen LogP contribution >= 0.6 is 0 Å². The van der Waals surface area contributed by atoms with Crippen molar-refractivity contribution in [2.45, 2.75) is 45.0 Å². The fourth-order valence-corrected chi connectivity index (χ4v) is 2.98. The molecule has 0 aliphatic carbocycles. The van der Waals surface area contributed by atoms with Crippen LogP contribution in [0, 0.1) is 0 Å². The lowest BCUT2D eigenvalue weighted by molar-refractivity contribution is -0.137. The summed E-state index contributed by atoms with van der Waals surface area (Å²) in [7, 11) is 0. The number of aromatic nitrogens is 3. The van der Waals surface area contributed by atoms with Crippen molar-refractivity contribution in [3.63, 3.8) is 0 Å². The lowest BCUT2D eigenvalue weighted by atomic mass is 10.1. The zero-order valence-corrected chi connectivity index (χ0v) is 16.2. The number of pyridine rings is 1. The third-order valence-electron chi connectivity index (χ3n) is 4.44. The Kier molecular flexibility index (Phi) is 5.78. The number of fused-ring (bicyclic) bond motifs is 1. The smallest absolute Gasteiger partial charge is 0.348 e. The van der Waals surface area contributed by atoms with Crippen LogP contribution in [0.15, 0.2) is 42.7 Å². The molecule has 1 aromatic carbocycles. The van der Waals surface area contributed by atoms with Crippen LogP contribution in [0.1, 0.15) is 36.7 Å². The summed E-state index contributed by atoms with van der Waals surface area (Å²) < 4.78 is 65.5. The molecule has 0 unspecified atom stereocenters. The number of nitrogens with zero attached hydrogens (tertiary/aromatic N) is 3. The molecule has 1 atom stereocenters. The fourth-order valence-electron chi connectivity index (χ4n) is 2.98. The summed E-state index contributed by atoms with van der Waals surface area (Å²) in [4.78, 5) is 16.5. The summed E-state index contributed by atoms with van der Waals surface area (Å²) in [6.45, 7) is 1.93. The molecule has 0 aliphatic heterocycles. The summed E-state index contributed by atoms with van der Waals surface area (Å²) >= 11 is 0. The van der Waals surface area contributed by atoms with E-state index in [4.69, 9.17) is 0 Å². The number of halogens is 5. The maximum atomic E-state index is 13.2. The van der Waals surface area contributed by atoms with Crippen LogP contribution in [0.2, 0.25) is 0 Å². The van der Waals surface area contributed by atoms with Crippen molar-refractivity contribution in [3.05, 3.63) is 59.5 Å². The molecule has 0 aliphatic rings. The van der Waals surface area contributed by atoms with E-state index in [0.717, 1.165) is 19.1 Å². The molecule has 30 heavy (non-hydrogen) atoms. The molecule has 0 saturated heterocycles. The minimum absolute atomic E-state index is 0.0891.